The van der Waals surface area contributed by atoms with Crippen LogP contribution in [-0.2, 0) is 0 Å². The van der Waals surface area contributed by atoms with Crippen molar-refractivity contribution in [1.29, 1.82) is 0 Å². The fraction of sp³-hybridized carbons (Fsp3) is 0.500. The van der Waals surface area contributed by atoms with Crippen molar-refractivity contribution in [3.05, 3.63) is 21.8 Å². The van der Waals surface area contributed by atoms with Crippen molar-refractivity contribution in [2.24, 2.45) is 0 Å². The molecule has 0 amide bonds. The van der Waals surface area contributed by atoms with Crippen LogP contribution in [-0.4, -0.2) is 16.2 Å². The Labute approximate surface area is 111 Å². The summed E-state index contributed by atoms with van der Waals surface area (Å²) in [7, 11) is 0. The molecule has 1 rings (SSSR count). The molecule has 90 valence electrons. The van der Waals surface area contributed by atoms with Gasteiger partial charge in [-0.2, -0.15) is 0 Å². The van der Waals surface area contributed by atoms with Gasteiger partial charge in [-0.25, -0.2) is 0 Å². The summed E-state index contributed by atoms with van der Waals surface area (Å²) in [4.78, 5) is 0. The van der Waals surface area contributed by atoms with Crippen LogP contribution < -0.4 is 11.1 Å². The van der Waals surface area contributed by atoms with E-state index in [2.05, 4.69) is 27.9 Å². The van der Waals surface area contributed by atoms with E-state index >= 15 is 0 Å². The molecule has 3 nitrogen and oxygen atoms in total. The smallest absolute Gasteiger partial charge is 0.0814 e. The van der Waals surface area contributed by atoms with Gasteiger partial charge in [0.2, 0.25) is 0 Å². The number of aliphatic hydroxyl groups is 1. The maximum Gasteiger partial charge on any atom is 0.0814 e. The normalized spacial score (nSPS) is 12.6. The number of nitrogens with two attached hydrogens (primary N) is 1. The molecule has 0 unspecified atom stereocenters. The van der Waals surface area contributed by atoms with Crippen molar-refractivity contribution >= 4 is 34.0 Å². The van der Waals surface area contributed by atoms with Crippen LogP contribution in [0.4, 0.5) is 11.4 Å². The Hall–Kier alpha value is -0.490. The van der Waals surface area contributed by atoms with Crippen LogP contribution in [0.1, 0.15) is 27.7 Å². The lowest BCUT2D eigenvalue weighted by Gasteiger charge is -2.39. The lowest BCUT2D eigenvalue weighted by Crippen LogP contribution is -2.51. The topological polar surface area (TPSA) is 58.3 Å². The maximum absolute atomic E-state index is 10.0. The molecule has 4 heteroatoms. The van der Waals surface area contributed by atoms with E-state index in [0.29, 0.717) is 5.69 Å². The summed E-state index contributed by atoms with van der Waals surface area (Å²) >= 11 is 2.22. The lowest BCUT2D eigenvalue weighted by atomic mass is 9.85. The second-order valence-electron chi connectivity index (χ2n) is 5.04. The predicted octanol–water partition coefficient (Wildman–Crippen LogP) is 2.83. The second kappa shape index (κ2) is 4.41. The molecular weight excluding hydrogens is 315 g/mol. The maximum atomic E-state index is 10.0. The molecule has 0 aromatic heterocycles. The fourth-order valence-electron chi connectivity index (χ4n) is 1.14. The monoisotopic (exact) mass is 334 g/mol. The summed E-state index contributed by atoms with van der Waals surface area (Å²) in [6.45, 7) is 7.46. The van der Waals surface area contributed by atoms with Gasteiger partial charge in [0.05, 0.1) is 22.5 Å². The minimum atomic E-state index is -0.831. The number of hydrogen-bond acceptors (Lipinski definition) is 3. The van der Waals surface area contributed by atoms with Gasteiger partial charge in [-0.05, 0) is 68.5 Å². The molecular formula is C12H19IN2O. The van der Waals surface area contributed by atoms with Gasteiger partial charge in [-0.3, -0.25) is 0 Å². The lowest BCUT2D eigenvalue weighted by molar-refractivity contribution is 0.0241. The summed E-state index contributed by atoms with van der Waals surface area (Å²) in [5.41, 5.74) is 6.19. The molecule has 16 heavy (non-hydrogen) atoms. The van der Waals surface area contributed by atoms with Gasteiger partial charge < -0.3 is 16.2 Å². The van der Waals surface area contributed by atoms with E-state index in [1.165, 1.54) is 0 Å². The summed E-state index contributed by atoms with van der Waals surface area (Å²) in [6.07, 6.45) is 0. The highest BCUT2D eigenvalue weighted by Gasteiger charge is 2.35. The van der Waals surface area contributed by atoms with Crippen LogP contribution in [0.5, 0.6) is 0 Å². The molecule has 1 aromatic rings. The SMILES string of the molecule is CC(C)(O)C(C)(C)Nc1ccc(I)cc1N. The molecule has 0 atom stereocenters. The first-order valence-electron chi connectivity index (χ1n) is 5.19. The molecule has 1 aromatic carbocycles. The quantitative estimate of drug-likeness (QED) is 0.588. The fourth-order valence-corrected chi connectivity index (χ4v) is 1.65. The summed E-state index contributed by atoms with van der Waals surface area (Å²) in [6, 6.07) is 5.83. The highest BCUT2D eigenvalue weighted by atomic mass is 127. The zero-order valence-electron chi connectivity index (χ0n) is 10.1. The average molecular weight is 334 g/mol. The minimum Gasteiger partial charge on any atom is -0.397 e. The number of benzene rings is 1. The van der Waals surface area contributed by atoms with Gasteiger partial charge in [0.25, 0.3) is 0 Å². The predicted molar refractivity (Wildman–Crippen MR) is 77.6 cm³/mol. The first-order chi connectivity index (χ1) is 7.13. The molecule has 0 saturated carbocycles. The summed E-state index contributed by atoms with van der Waals surface area (Å²) in [5.74, 6) is 0. The highest BCUT2D eigenvalue weighted by Crippen LogP contribution is 2.29. The van der Waals surface area contributed by atoms with Crippen LogP contribution in [0.15, 0.2) is 18.2 Å². The molecule has 0 radical (unpaired) electrons. The minimum absolute atomic E-state index is 0.450. The van der Waals surface area contributed by atoms with E-state index in [9.17, 15) is 5.11 Å². The zero-order chi connectivity index (χ0) is 12.6. The number of hydrogen-bond donors (Lipinski definition) is 3. The van der Waals surface area contributed by atoms with E-state index in [1.807, 2.05) is 32.0 Å². The third-order valence-electron chi connectivity index (χ3n) is 2.99. The zero-order valence-corrected chi connectivity index (χ0v) is 12.3. The Morgan fingerprint density at radius 3 is 2.25 bits per heavy atom. The Morgan fingerprint density at radius 2 is 1.81 bits per heavy atom. The molecule has 0 spiro atoms. The Morgan fingerprint density at radius 1 is 1.25 bits per heavy atom. The van der Waals surface area contributed by atoms with E-state index in [-0.39, 0.29) is 0 Å². The molecule has 0 fully saturated rings. The highest BCUT2D eigenvalue weighted by molar-refractivity contribution is 14.1. The van der Waals surface area contributed by atoms with Crippen LogP contribution in [0, 0.1) is 3.57 Å². The Bertz CT molecular complexity index is 383. The number of halogens is 1. The van der Waals surface area contributed by atoms with E-state index in [0.717, 1.165) is 9.26 Å². The number of rotatable bonds is 3. The standard InChI is InChI=1S/C12H19IN2O/c1-11(2,12(3,4)16)15-10-6-5-8(13)7-9(10)14/h5-7,15-16H,14H2,1-4H3. The van der Waals surface area contributed by atoms with Crippen molar-refractivity contribution in [3.8, 4) is 0 Å². The van der Waals surface area contributed by atoms with E-state index in [4.69, 9.17) is 5.73 Å². The van der Waals surface area contributed by atoms with Crippen LogP contribution in [0.25, 0.3) is 0 Å². The first kappa shape index (κ1) is 13.6. The van der Waals surface area contributed by atoms with Crippen LogP contribution >= 0.6 is 22.6 Å². The Kier molecular flexibility index (Phi) is 3.74. The van der Waals surface area contributed by atoms with Crippen LogP contribution in [0.3, 0.4) is 0 Å². The van der Waals surface area contributed by atoms with Crippen molar-refractivity contribution in [2.75, 3.05) is 11.1 Å². The summed E-state index contributed by atoms with van der Waals surface area (Å²) in [5, 5.41) is 13.3. The number of anilines is 2. The molecule has 0 aliphatic carbocycles. The number of nitrogen functional groups attached to an aromatic ring is 1. The molecule has 0 aliphatic heterocycles. The molecule has 4 N–H and O–H groups in total. The van der Waals surface area contributed by atoms with Gasteiger partial charge in [0, 0.05) is 3.57 Å². The Balaban J connectivity index is 2.97. The molecule has 0 aliphatic rings. The first-order valence-corrected chi connectivity index (χ1v) is 6.27. The molecule has 0 saturated heterocycles. The van der Waals surface area contributed by atoms with Gasteiger partial charge in [0.15, 0.2) is 0 Å². The largest absolute Gasteiger partial charge is 0.397 e. The third kappa shape index (κ3) is 3.01. The van der Waals surface area contributed by atoms with E-state index in [1.54, 1.807) is 13.8 Å². The molecule has 0 bridgehead atoms. The van der Waals surface area contributed by atoms with Gasteiger partial charge in [-0.15, -0.1) is 0 Å². The van der Waals surface area contributed by atoms with Crippen molar-refractivity contribution in [3.63, 3.8) is 0 Å². The second-order valence-corrected chi connectivity index (χ2v) is 6.29. The van der Waals surface area contributed by atoms with Gasteiger partial charge >= 0.3 is 0 Å². The third-order valence-corrected chi connectivity index (χ3v) is 3.66. The molecule has 0 heterocycles. The van der Waals surface area contributed by atoms with Crippen LogP contribution in [0.2, 0.25) is 0 Å². The number of nitrogens with one attached hydrogen (secondary N) is 1. The van der Waals surface area contributed by atoms with Crippen molar-refractivity contribution < 1.29 is 5.11 Å². The van der Waals surface area contributed by atoms with Crippen molar-refractivity contribution in [2.45, 2.75) is 38.8 Å². The van der Waals surface area contributed by atoms with Crippen molar-refractivity contribution in [1.82, 2.24) is 0 Å². The average Bonchev–Trinajstić information content (AvgIpc) is 2.08. The van der Waals surface area contributed by atoms with Gasteiger partial charge in [0.1, 0.15) is 0 Å². The van der Waals surface area contributed by atoms with E-state index < -0.39 is 11.1 Å². The van der Waals surface area contributed by atoms with Gasteiger partial charge in [-0.1, -0.05) is 0 Å². The summed E-state index contributed by atoms with van der Waals surface area (Å²) < 4.78 is 1.10.